The van der Waals surface area contributed by atoms with E-state index in [0.29, 0.717) is 0 Å². The molecular weight excluding hydrogens is 240 g/mol. The Morgan fingerprint density at radius 3 is 2.50 bits per heavy atom. The molecule has 14 heavy (non-hydrogen) atoms. The molecule has 0 fully saturated rings. The van der Waals surface area contributed by atoms with Crippen LogP contribution in [-0.2, 0) is 0 Å². The lowest BCUT2D eigenvalue weighted by Gasteiger charge is -2.08. The number of benzene rings is 1. The van der Waals surface area contributed by atoms with Crippen LogP contribution < -0.4 is 0 Å². The molecule has 0 atom stereocenters. The second-order valence-electron chi connectivity index (χ2n) is 3.55. The summed E-state index contributed by atoms with van der Waals surface area (Å²) in [5, 5.41) is 0. The van der Waals surface area contributed by atoms with Crippen LogP contribution >= 0.6 is 15.9 Å². The SMILES string of the molecule is Cc1ccc(Br)c(C)c1N=CN(C)C. The summed E-state index contributed by atoms with van der Waals surface area (Å²) in [4.78, 5) is 6.37. The van der Waals surface area contributed by atoms with Crippen LogP contribution in [0.15, 0.2) is 21.6 Å². The highest BCUT2D eigenvalue weighted by molar-refractivity contribution is 9.10. The van der Waals surface area contributed by atoms with E-state index in [4.69, 9.17) is 0 Å². The Morgan fingerprint density at radius 2 is 1.93 bits per heavy atom. The van der Waals surface area contributed by atoms with Gasteiger partial charge in [-0.2, -0.15) is 0 Å². The molecule has 1 aromatic rings. The molecule has 1 aromatic carbocycles. The number of hydrogen-bond donors (Lipinski definition) is 0. The first-order valence-electron chi connectivity index (χ1n) is 4.48. The van der Waals surface area contributed by atoms with Crippen molar-refractivity contribution in [3.05, 3.63) is 27.7 Å². The zero-order valence-electron chi connectivity index (χ0n) is 9.00. The molecule has 0 aliphatic carbocycles. The van der Waals surface area contributed by atoms with Gasteiger partial charge in [0.15, 0.2) is 0 Å². The molecule has 1 rings (SSSR count). The average molecular weight is 255 g/mol. The molecule has 0 aliphatic rings. The molecule has 0 aliphatic heterocycles. The van der Waals surface area contributed by atoms with Crippen molar-refractivity contribution in [2.24, 2.45) is 4.99 Å². The molecule has 0 spiro atoms. The summed E-state index contributed by atoms with van der Waals surface area (Å²) in [6, 6.07) is 4.12. The fourth-order valence-corrected chi connectivity index (χ4v) is 1.50. The standard InChI is InChI=1S/C11H15BrN2/c1-8-5-6-10(12)9(2)11(8)13-7-14(3)4/h5-7H,1-4H3. The van der Waals surface area contributed by atoms with E-state index < -0.39 is 0 Å². The number of aryl methyl sites for hydroxylation is 1. The van der Waals surface area contributed by atoms with Crippen molar-refractivity contribution in [3.8, 4) is 0 Å². The summed E-state index contributed by atoms with van der Waals surface area (Å²) in [5.74, 6) is 0. The van der Waals surface area contributed by atoms with Crippen LogP contribution in [0, 0.1) is 13.8 Å². The molecule has 0 N–H and O–H groups in total. The largest absolute Gasteiger partial charge is 0.369 e. The molecule has 0 saturated carbocycles. The van der Waals surface area contributed by atoms with Crippen LogP contribution in [-0.4, -0.2) is 25.3 Å². The van der Waals surface area contributed by atoms with Gasteiger partial charge in [-0.1, -0.05) is 22.0 Å². The third-order valence-corrected chi connectivity index (χ3v) is 2.84. The van der Waals surface area contributed by atoms with Crippen molar-refractivity contribution in [1.29, 1.82) is 0 Å². The third kappa shape index (κ3) is 2.58. The summed E-state index contributed by atoms with van der Waals surface area (Å²) in [6.07, 6.45) is 1.82. The van der Waals surface area contributed by atoms with Crippen LogP contribution in [0.1, 0.15) is 11.1 Å². The summed E-state index contributed by atoms with van der Waals surface area (Å²) < 4.78 is 1.11. The first kappa shape index (κ1) is 11.2. The van der Waals surface area contributed by atoms with Gasteiger partial charge in [-0.25, -0.2) is 4.99 Å². The molecule has 0 aromatic heterocycles. The molecular formula is C11H15BrN2. The fraction of sp³-hybridized carbons (Fsp3) is 0.364. The molecule has 3 heteroatoms. The van der Waals surface area contributed by atoms with Gasteiger partial charge in [0.2, 0.25) is 0 Å². The molecule has 0 radical (unpaired) electrons. The van der Waals surface area contributed by atoms with Gasteiger partial charge in [-0.3, -0.25) is 0 Å². The lowest BCUT2D eigenvalue weighted by molar-refractivity contribution is 0.643. The predicted molar refractivity (Wildman–Crippen MR) is 65.5 cm³/mol. The Bertz CT molecular complexity index is 357. The van der Waals surface area contributed by atoms with Crippen molar-refractivity contribution in [1.82, 2.24) is 4.90 Å². The van der Waals surface area contributed by atoms with Gasteiger partial charge >= 0.3 is 0 Å². The van der Waals surface area contributed by atoms with E-state index >= 15 is 0 Å². The number of aliphatic imine (C=N–C) groups is 1. The van der Waals surface area contributed by atoms with Crippen LogP contribution in [0.3, 0.4) is 0 Å². The molecule has 2 nitrogen and oxygen atoms in total. The first-order chi connectivity index (χ1) is 6.52. The number of rotatable bonds is 2. The minimum Gasteiger partial charge on any atom is -0.369 e. The average Bonchev–Trinajstić information content (AvgIpc) is 2.11. The fourth-order valence-electron chi connectivity index (χ4n) is 1.18. The van der Waals surface area contributed by atoms with E-state index in [1.807, 2.05) is 25.3 Å². The van der Waals surface area contributed by atoms with E-state index in [0.717, 1.165) is 10.2 Å². The second kappa shape index (κ2) is 4.60. The maximum Gasteiger partial charge on any atom is 0.0907 e. The van der Waals surface area contributed by atoms with Gasteiger partial charge in [0.25, 0.3) is 0 Å². The first-order valence-corrected chi connectivity index (χ1v) is 5.28. The highest BCUT2D eigenvalue weighted by Gasteiger charge is 2.03. The second-order valence-corrected chi connectivity index (χ2v) is 4.40. The molecule has 0 saturated heterocycles. The van der Waals surface area contributed by atoms with Crippen molar-refractivity contribution in [2.45, 2.75) is 13.8 Å². The minimum atomic E-state index is 1.05. The van der Waals surface area contributed by atoms with E-state index in [-0.39, 0.29) is 0 Å². The van der Waals surface area contributed by atoms with Crippen molar-refractivity contribution >= 4 is 28.0 Å². The summed E-state index contributed by atoms with van der Waals surface area (Å²) in [5.41, 5.74) is 3.43. The smallest absolute Gasteiger partial charge is 0.0907 e. The predicted octanol–water partition coefficient (Wildman–Crippen LogP) is 3.29. The highest BCUT2D eigenvalue weighted by atomic mass is 79.9. The number of hydrogen-bond acceptors (Lipinski definition) is 1. The van der Waals surface area contributed by atoms with Gasteiger partial charge in [0, 0.05) is 18.6 Å². The number of halogens is 1. The minimum absolute atomic E-state index is 1.05. The normalized spacial score (nSPS) is 10.9. The van der Waals surface area contributed by atoms with Gasteiger partial charge in [0.1, 0.15) is 0 Å². The van der Waals surface area contributed by atoms with E-state index in [2.05, 4.69) is 46.9 Å². The zero-order chi connectivity index (χ0) is 10.7. The zero-order valence-corrected chi connectivity index (χ0v) is 10.6. The van der Waals surface area contributed by atoms with Crippen molar-refractivity contribution in [2.75, 3.05) is 14.1 Å². The lowest BCUT2D eigenvalue weighted by atomic mass is 10.1. The monoisotopic (exact) mass is 254 g/mol. The maximum absolute atomic E-state index is 4.44. The van der Waals surface area contributed by atoms with E-state index in [1.165, 1.54) is 11.1 Å². The van der Waals surface area contributed by atoms with Crippen molar-refractivity contribution < 1.29 is 0 Å². The Morgan fingerprint density at radius 1 is 1.29 bits per heavy atom. The quantitative estimate of drug-likeness (QED) is 0.585. The molecule has 0 amide bonds. The van der Waals surface area contributed by atoms with Gasteiger partial charge in [-0.05, 0) is 31.0 Å². The Labute approximate surface area is 93.8 Å². The van der Waals surface area contributed by atoms with Crippen LogP contribution in [0.2, 0.25) is 0 Å². The van der Waals surface area contributed by atoms with Crippen molar-refractivity contribution in [3.63, 3.8) is 0 Å². The van der Waals surface area contributed by atoms with Crippen LogP contribution in [0.4, 0.5) is 5.69 Å². The summed E-state index contributed by atoms with van der Waals surface area (Å²) >= 11 is 3.50. The summed E-state index contributed by atoms with van der Waals surface area (Å²) in [6.45, 7) is 4.14. The van der Waals surface area contributed by atoms with Gasteiger partial charge < -0.3 is 4.90 Å². The molecule has 76 valence electrons. The van der Waals surface area contributed by atoms with E-state index in [1.54, 1.807) is 0 Å². The highest BCUT2D eigenvalue weighted by Crippen LogP contribution is 2.29. The Balaban J connectivity index is 3.13. The maximum atomic E-state index is 4.44. The van der Waals surface area contributed by atoms with Crippen LogP contribution in [0.5, 0.6) is 0 Å². The summed E-state index contributed by atoms with van der Waals surface area (Å²) in [7, 11) is 3.93. The Kier molecular flexibility index (Phi) is 3.69. The Hall–Kier alpha value is -0.830. The topological polar surface area (TPSA) is 15.6 Å². The molecule has 0 unspecified atom stereocenters. The van der Waals surface area contributed by atoms with Crippen LogP contribution in [0.25, 0.3) is 0 Å². The molecule has 0 heterocycles. The van der Waals surface area contributed by atoms with Gasteiger partial charge in [0.05, 0.1) is 12.0 Å². The molecule has 0 bridgehead atoms. The number of nitrogens with zero attached hydrogens (tertiary/aromatic N) is 2. The lowest BCUT2D eigenvalue weighted by Crippen LogP contribution is -2.07. The third-order valence-electron chi connectivity index (χ3n) is 1.98. The van der Waals surface area contributed by atoms with Gasteiger partial charge in [-0.15, -0.1) is 0 Å². The van der Waals surface area contributed by atoms with E-state index in [9.17, 15) is 0 Å².